The van der Waals surface area contributed by atoms with E-state index in [1.807, 2.05) is 42.3 Å². The zero-order chi connectivity index (χ0) is 14.5. The fourth-order valence-corrected chi connectivity index (χ4v) is 2.79. The molecule has 1 heterocycles. The van der Waals surface area contributed by atoms with Gasteiger partial charge in [-0.2, -0.15) is 5.26 Å². The van der Waals surface area contributed by atoms with E-state index in [0.29, 0.717) is 22.2 Å². The summed E-state index contributed by atoms with van der Waals surface area (Å²) in [5.41, 5.74) is 1.99. The highest BCUT2D eigenvalue weighted by atomic mass is 32.2. The fourth-order valence-electron chi connectivity index (χ4n) is 1.74. The van der Waals surface area contributed by atoms with Crippen LogP contribution in [0.4, 0.5) is 5.69 Å². The summed E-state index contributed by atoms with van der Waals surface area (Å²) >= 11 is 6.22. The molecule has 1 aliphatic heterocycles. The highest BCUT2D eigenvalue weighted by molar-refractivity contribution is 8.26. The minimum Gasteiger partial charge on any atom is -0.374 e. The predicted molar refractivity (Wildman–Crippen MR) is 86.3 cm³/mol. The van der Waals surface area contributed by atoms with E-state index >= 15 is 0 Å². The predicted octanol–water partition coefficient (Wildman–Crippen LogP) is 2.53. The van der Waals surface area contributed by atoms with E-state index in [1.54, 1.807) is 0 Å². The van der Waals surface area contributed by atoms with Crippen molar-refractivity contribution < 1.29 is 4.79 Å². The Morgan fingerprint density at radius 1 is 1.45 bits per heavy atom. The Morgan fingerprint density at radius 3 is 2.70 bits per heavy atom. The van der Waals surface area contributed by atoms with Crippen LogP contribution in [-0.4, -0.2) is 23.8 Å². The molecule has 2 rings (SSSR count). The lowest BCUT2D eigenvalue weighted by Crippen LogP contribution is -2.18. The van der Waals surface area contributed by atoms with Gasteiger partial charge in [-0.25, -0.2) is 0 Å². The van der Waals surface area contributed by atoms with E-state index in [2.05, 4.69) is 11.4 Å². The Kier molecular flexibility index (Phi) is 4.77. The molecule has 0 bridgehead atoms. The zero-order valence-electron chi connectivity index (χ0n) is 10.9. The Bertz CT molecular complexity index is 602. The molecule has 1 saturated heterocycles. The van der Waals surface area contributed by atoms with Gasteiger partial charge in [0.15, 0.2) is 0 Å². The number of rotatable bonds is 4. The molecule has 20 heavy (non-hydrogen) atoms. The molecule has 0 radical (unpaired) electrons. The van der Waals surface area contributed by atoms with Gasteiger partial charge in [0.1, 0.15) is 4.32 Å². The summed E-state index contributed by atoms with van der Waals surface area (Å²) in [4.78, 5) is 14.2. The maximum absolute atomic E-state index is 11.6. The molecule has 0 unspecified atom stereocenters. The molecule has 0 saturated carbocycles. The van der Waals surface area contributed by atoms with Gasteiger partial charge < -0.3 is 10.2 Å². The lowest BCUT2D eigenvalue weighted by atomic mass is 10.2. The number of thiocarbonyl (C=S) groups is 1. The van der Waals surface area contributed by atoms with Crippen LogP contribution >= 0.6 is 24.0 Å². The number of hydrogen-bond donors (Lipinski definition) is 1. The van der Waals surface area contributed by atoms with Crippen LogP contribution in [-0.2, 0) is 4.79 Å². The van der Waals surface area contributed by atoms with E-state index in [0.717, 1.165) is 11.3 Å². The summed E-state index contributed by atoms with van der Waals surface area (Å²) in [6, 6.07) is 9.96. The van der Waals surface area contributed by atoms with Crippen LogP contribution in [0.2, 0.25) is 0 Å². The van der Waals surface area contributed by atoms with Crippen molar-refractivity contribution in [2.75, 3.05) is 18.5 Å². The Labute approximate surface area is 127 Å². The molecule has 1 N–H and O–H groups in total. The third-order valence-electron chi connectivity index (χ3n) is 2.83. The van der Waals surface area contributed by atoms with Crippen LogP contribution in [0.5, 0.6) is 0 Å². The van der Waals surface area contributed by atoms with Gasteiger partial charge in [0.05, 0.1) is 17.4 Å². The normalized spacial score (nSPS) is 16.1. The van der Waals surface area contributed by atoms with E-state index in [4.69, 9.17) is 17.5 Å². The lowest BCUT2D eigenvalue weighted by molar-refractivity contribution is -0.115. The molecule has 4 nitrogen and oxygen atoms in total. The zero-order valence-corrected chi connectivity index (χ0v) is 12.6. The fraction of sp³-hybridized carbons (Fsp3) is 0.214. The van der Waals surface area contributed by atoms with Crippen molar-refractivity contribution in [2.24, 2.45) is 0 Å². The van der Waals surface area contributed by atoms with Crippen molar-refractivity contribution in [3.63, 3.8) is 0 Å². The van der Waals surface area contributed by atoms with Gasteiger partial charge in [0.2, 0.25) is 0 Å². The van der Waals surface area contributed by atoms with Crippen LogP contribution in [0, 0.1) is 11.3 Å². The smallest absolute Gasteiger partial charge is 0.263 e. The van der Waals surface area contributed by atoms with Gasteiger partial charge in [-0.1, -0.05) is 36.1 Å². The van der Waals surface area contributed by atoms with E-state index < -0.39 is 0 Å². The summed E-state index contributed by atoms with van der Waals surface area (Å²) in [7, 11) is 1.95. The summed E-state index contributed by atoms with van der Waals surface area (Å²) < 4.78 is 0.495. The van der Waals surface area contributed by atoms with Crippen LogP contribution in [0.3, 0.4) is 0 Å². The van der Waals surface area contributed by atoms with Gasteiger partial charge in [-0.05, 0) is 23.8 Å². The van der Waals surface area contributed by atoms with Crippen molar-refractivity contribution in [3.8, 4) is 6.07 Å². The largest absolute Gasteiger partial charge is 0.374 e. The van der Waals surface area contributed by atoms with E-state index in [1.165, 1.54) is 11.8 Å². The van der Waals surface area contributed by atoms with Crippen molar-refractivity contribution in [1.82, 2.24) is 5.32 Å². The quantitative estimate of drug-likeness (QED) is 0.684. The summed E-state index contributed by atoms with van der Waals surface area (Å²) in [5.74, 6) is -0.143. The Balaban J connectivity index is 2.09. The van der Waals surface area contributed by atoms with Gasteiger partial charge in [-0.3, -0.25) is 4.79 Å². The molecule has 0 atom stereocenters. The van der Waals surface area contributed by atoms with Crippen LogP contribution in [0.15, 0.2) is 29.2 Å². The number of amides is 1. The summed E-state index contributed by atoms with van der Waals surface area (Å²) in [6.07, 6.45) is 2.31. The van der Waals surface area contributed by atoms with Gasteiger partial charge in [0.25, 0.3) is 5.91 Å². The third-order valence-corrected chi connectivity index (χ3v) is 4.00. The van der Waals surface area contributed by atoms with E-state index in [-0.39, 0.29) is 5.91 Å². The molecule has 1 amide bonds. The van der Waals surface area contributed by atoms with Gasteiger partial charge >= 0.3 is 0 Å². The molecule has 0 aromatic heterocycles. The van der Waals surface area contributed by atoms with Gasteiger partial charge in [-0.15, -0.1) is 0 Å². The molecule has 1 aromatic rings. The number of hydrogen-bond acceptors (Lipinski definition) is 5. The Hall–Kier alpha value is -1.84. The van der Waals surface area contributed by atoms with Crippen LogP contribution < -0.4 is 10.2 Å². The van der Waals surface area contributed by atoms with Crippen molar-refractivity contribution >= 4 is 46.0 Å². The topological polar surface area (TPSA) is 56.1 Å². The molecule has 102 valence electrons. The second-order valence-corrected chi connectivity index (χ2v) is 5.99. The first-order valence-corrected chi connectivity index (χ1v) is 7.25. The molecular weight excluding hydrogens is 290 g/mol. The molecule has 1 aliphatic rings. The minimum absolute atomic E-state index is 0.143. The number of carbonyl (C=O) groups excluding carboxylic acids is 1. The van der Waals surface area contributed by atoms with Crippen molar-refractivity contribution in [2.45, 2.75) is 6.42 Å². The number of nitriles is 1. The first kappa shape index (κ1) is 14.6. The average molecular weight is 303 g/mol. The second-order valence-electron chi connectivity index (χ2n) is 4.27. The highest BCUT2D eigenvalue weighted by Crippen LogP contribution is 2.26. The number of thioether (sulfide) groups is 1. The standard InChI is InChI=1S/C14H13N3OS2/c1-17(8-2-7-15)11-5-3-10(4-6-11)9-12-13(18)16-14(19)20-12/h3-6,9H,2,8H2,1H3,(H,16,18,19)/b12-9-. The number of nitrogens with one attached hydrogen (secondary N) is 1. The second kappa shape index (κ2) is 6.55. The van der Waals surface area contributed by atoms with Crippen molar-refractivity contribution in [1.29, 1.82) is 5.26 Å². The molecule has 1 fully saturated rings. The molecule has 6 heteroatoms. The summed E-state index contributed by atoms with van der Waals surface area (Å²) in [6.45, 7) is 0.698. The Morgan fingerprint density at radius 2 is 2.15 bits per heavy atom. The number of benzene rings is 1. The first-order valence-electron chi connectivity index (χ1n) is 6.03. The molecule has 0 spiro atoms. The van der Waals surface area contributed by atoms with Crippen LogP contribution in [0.25, 0.3) is 6.08 Å². The van der Waals surface area contributed by atoms with E-state index in [9.17, 15) is 4.79 Å². The molecule has 0 aliphatic carbocycles. The molecular formula is C14H13N3OS2. The van der Waals surface area contributed by atoms with Gasteiger partial charge in [0, 0.05) is 19.3 Å². The third kappa shape index (κ3) is 3.59. The maximum Gasteiger partial charge on any atom is 0.263 e. The van der Waals surface area contributed by atoms with Crippen LogP contribution in [0.1, 0.15) is 12.0 Å². The first-order chi connectivity index (χ1) is 9.60. The number of carbonyl (C=O) groups is 1. The SMILES string of the molecule is CN(CCC#N)c1ccc(/C=C2\SC(=S)NC2=O)cc1. The van der Waals surface area contributed by atoms with Crippen molar-refractivity contribution in [3.05, 3.63) is 34.7 Å². The number of nitrogens with zero attached hydrogens (tertiary/aromatic N) is 2. The summed E-state index contributed by atoms with van der Waals surface area (Å²) in [5, 5.41) is 11.2. The lowest BCUT2D eigenvalue weighted by Gasteiger charge is -2.17. The monoisotopic (exact) mass is 303 g/mol. The minimum atomic E-state index is -0.143. The highest BCUT2D eigenvalue weighted by Gasteiger charge is 2.21. The maximum atomic E-state index is 11.6. The number of anilines is 1. The average Bonchev–Trinajstić information content (AvgIpc) is 2.75. The molecule has 1 aromatic carbocycles.